The number of pyridine rings is 1. The Hall–Kier alpha value is -2.70. The van der Waals surface area contributed by atoms with E-state index in [0.717, 1.165) is 50.5 Å². The number of aliphatic hydroxyl groups excluding tert-OH is 1. The van der Waals surface area contributed by atoms with E-state index in [1.807, 2.05) is 36.7 Å². The molecule has 1 aliphatic rings. The molecule has 3 heterocycles. The lowest BCUT2D eigenvalue weighted by atomic mass is 9.95. The number of imidazole rings is 1. The molecule has 3 aromatic rings. The van der Waals surface area contributed by atoms with E-state index in [9.17, 15) is 0 Å². The van der Waals surface area contributed by atoms with E-state index in [1.165, 1.54) is 11.4 Å². The standard InChI is InChI=1S/C23H28N4O2/c28-14-15-29-22-6-3-4-19(16-22)17-26-11-7-20(8-12-26)23-25-10-13-27(23)18-21-5-1-2-9-24-21/h1-6,9-10,13,16,20,28H,7-8,11-12,14-15,17-18H2. The van der Waals surface area contributed by atoms with Crippen LogP contribution >= 0.6 is 0 Å². The summed E-state index contributed by atoms with van der Waals surface area (Å²) in [5.74, 6) is 2.49. The van der Waals surface area contributed by atoms with Crippen LogP contribution in [0.15, 0.2) is 61.1 Å². The van der Waals surface area contributed by atoms with Crippen LogP contribution in [-0.4, -0.2) is 50.8 Å². The molecule has 2 aromatic heterocycles. The van der Waals surface area contributed by atoms with E-state index in [4.69, 9.17) is 9.84 Å². The van der Waals surface area contributed by atoms with Crippen molar-refractivity contribution in [1.29, 1.82) is 0 Å². The number of hydrogen-bond donors (Lipinski definition) is 1. The van der Waals surface area contributed by atoms with Gasteiger partial charge >= 0.3 is 0 Å². The highest BCUT2D eigenvalue weighted by Gasteiger charge is 2.24. The number of likely N-dealkylation sites (tertiary alicyclic amines) is 1. The van der Waals surface area contributed by atoms with Crippen molar-refractivity contribution in [1.82, 2.24) is 19.4 Å². The Kier molecular flexibility index (Phi) is 6.54. The molecule has 29 heavy (non-hydrogen) atoms. The van der Waals surface area contributed by atoms with Crippen molar-refractivity contribution in [3.63, 3.8) is 0 Å². The highest BCUT2D eigenvalue weighted by Crippen LogP contribution is 2.28. The van der Waals surface area contributed by atoms with Crippen molar-refractivity contribution in [2.45, 2.75) is 31.8 Å². The van der Waals surface area contributed by atoms with Gasteiger partial charge in [0.25, 0.3) is 0 Å². The van der Waals surface area contributed by atoms with Crippen LogP contribution in [0.2, 0.25) is 0 Å². The molecule has 0 saturated carbocycles. The van der Waals surface area contributed by atoms with Crippen LogP contribution in [0.3, 0.4) is 0 Å². The van der Waals surface area contributed by atoms with Gasteiger partial charge in [0.1, 0.15) is 18.2 Å². The van der Waals surface area contributed by atoms with Crippen molar-refractivity contribution in [3.05, 3.63) is 78.1 Å². The Labute approximate surface area is 171 Å². The topological polar surface area (TPSA) is 63.4 Å². The van der Waals surface area contributed by atoms with E-state index in [1.54, 1.807) is 0 Å². The fraction of sp³-hybridized carbons (Fsp3) is 0.391. The lowest BCUT2D eigenvalue weighted by Crippen LogP contribution is -2.33. The molecule has 6 heteroatoms. The fourth-order valence-corrected chi connectivity index (χ4v) is 3.99. The molecular formula is C23H28N4O2. The zero-order chi connectivity index (χ0) is 19.9. The maximum Gasteiger partial charge on any atom is 0.119 e. The average molecular weight is 393 g/mol. The van der Waals surface area contributed by atoms with Gasteiger partial charge in [-0.05, 0) is 55.8 Å². The van der Waals surface area contributed by atoms with Crippen molar-refractivity contribution < 1.29 is 9.84 Å². The minimum absolute atomic E-state index is 0.0356. The lowest BCUT2D eigenvalue weighted by Gasteiger charge is -2.32. The third-order valence-electron chi connectivity index (χ3n) is 5.42. The third kappa shape index (κ3) is 5.22. The summed E-state index contributed by atoms with van der Waals surface area (Å²) < 4.78 is 7.77. The molecular weight excluding hydrogens is 364 g/mol. The number of aliphatic hydroxyl groups is 1. The maximum atomic E-state index is 8.92. The SMILES string of the molecule is OCCOc1cccc(CN2CCC(c3nccn3Cc3ccccn3)CC2)c1. The van der Waals surface area contributed by atoms with Gasteiger partial charge in [-0.25, -0.2) is 4.98 Å². The first-order chi connectivity index (χ1) is 14.3. The van der Waals surface area contributed by atoms with Gasteiger partial charge in [-0.1, -0.05) is 18.2 Å². The molecule has 0 amide bonds. The zero-order valence-electron chi connectivity index (χ0n) is 16.7. The monoisotopic (exact) mass is 392 g/mol. The van der Waals surface area contributed by atoms with Crippen LogP contribution in [-0.2, 0) is 13.1 Å². The van der Waals surface area contributed by atoms with Crippen LogP contribution in [0.25, 0.3) is 0 Å². The smallest absolute Gasteiger partial charge is 0.119 e. The highest BCUT2D eigenvalue weighted by molar-refractivity contribution is 5.28. The number of benzene rings is 1. The average Bonchev–Trinajstić information content (AvgIpc) is 3.22. The van der Waals surface area contributed by atoms with E-state index in [-0.39, 0.29) is 6.61 Å². The molecule has 1 fully saturated rings. The largest absolute Gasteiger partial charge is 0.491 e. The molecule has 4 rings (SSSR count). The Balaban J connectivity index is 1.33. The van der Waals surface area contributed by atoms with Crippen molar-refractivity contribution in [3.8, 4) is 5.75 Å². The summed E-state index contributed by atoms with van der Waals surface area (Å²) >= 11 is 0. The first kappa shape index (κ1) is 19.6. The van der Waals surface area contributed by atoms with E-state index in [2.05, 4.69) is 43.8 Å². The second kappa shape index (κ2) is 9.67. The van der Waals surface area contributed by atoms with Crippen LogP contribution < -0.4 is 4.74 Å². The summed E-state index contributed by atoms with van der Waals surface area (Å²) in [7, 11) is 0. The lowest BCUT2D eigenvalue weighted by molar-refractivity contribution is 0.196. The Bertz CT molecular complexity index is 889. The molecule has 0 radical (unpaired) electrons. The number of rotatable bonds is 8. The summed E-state index contributed by atoms with van der Waals surface area (Å²) in [4.78, 5) is 11.6. The molecule has 0 unspecified atom stereocenters. The van der Waals surface area contributed by atoms with Crippen molar-refractivity contribution in [2.75, 3.05) is 26.3 Å². The van der Waals surface area contributed by atoms with Crippen LogP contribution in [0.1, 0.15) is 35.8 Å². The first-order valence-electron chi connectivity index (χ1n) is 10.3. The third-order valence-corrected chi connectivity index (χ3v) is 5.42. The summed E-state index contributed by atoms with van der Waals surface area (Å²) in [5.41, 5.74) is 2.31. The van der Waals surface area contributed by atoms with Crippen LogP contribution in [0, 0.1) is 0 Å². The minimum Gasteiger partial charge on any atom is -0.491 e. The van der Waals surface area contributed by atoms with E-state index < -0.39 is 0 Å². The number of aromatic nitrogens is 3. The molecule has 1 saturated heterocycles. The van der Waals surface area contributed by atoms with Gasteiger partial charge in [-0.3, -0.25) is 9.88 Å². The van der Waals surface area contributed by atoms with Crippen molar-refractivity contribution in [2.24, 2.45) is 0 Å². The van der Waals surface area contributed by atoms with Gasteiger partial charge in [-0.2, -0.15) is 0 Å². The number of hydrogen-bond acceptors (Lipinski definition) is 5. The van der Waals surface area contributed by atoms with Gasteiger partial charge in [-0.15, -0.1) is 0 Å². The number of nitrogens with zero attached hydrogens (tertiary/aromatic N) is 4. The Morgan fingerprint density at radius 1 is 1.00 bits per heavy atom. The molecule has 0 aliphatic carbocycles. The Morgan fingerprint density at radius 3 is 2.69 bits per heavy atom. The molecule has 1 N–H and O–H groups in total. The predicted molar refractivity (Wildman–Crippen MR) is 112 cm³/mol. The summed E-state index contributed by atoms with van der Waals surface area (Å²) in [5, 5.41) is 8.92. The summed E-state index contributed by atoms with van der Waals surface area (Å²) in [6, 6.07) is 14.2. The minimum atomic E-state index is 0.0356. The van der Waals surface area contributed by atoms with Gasteiger partial charge in [0.15, 0.2) is 0 Å². The summed E-state index contributed by atoms with van der Waals surface area (Å²) in [6.07, 6.45) is 8.03. The van der Waals surface area contributed by atoms with Gasteiger partial charge in [0.2, 0.25) is 0 Å². The van der Waals surface area contributed by atoms with E-state index >= 15 is 0 Å². The van der Waals surface area contributed by atoms with Crippen LogP contribution in [0.5, 0.6) is 5.75 Å². The van der Waals surface area contributed by atoms with E-state index in [0.29, 0.717) is 12.5 Å². The number of piperidine rings is 1. The quantitative estimate of drug-likeness (QED) is 0.638. The molecule has 0 atom stereocenters. The molecule has 0 spiro atoms. The summed E-state index contributed by atoms with van der Waals surface area (Å²) in [6.45, 7) is 4.18. The molecule has 1 aliphatic heterocycles. The number of ether oxygens (including phenoxy) is 1. The van der Waals surface area contributed by atoms with Crippen molar-refractivity contribution >= 4 is 0 Å². The first-order valence-corrected chi connectivity index (χ1v) is 10.3. The molecule has 0 bridgehead atoms. The van der Waals surface area contributed by atoms with Gasteiger partial charge in [0, 0.05) is 31.1 Å². The Morgan fingerprint density at radius 2 is 1.90 bits per heavy atom. The van der Waals surface area contributed by atoms with Gasteiger partial charge < -0.3 is 14.4 Å². The van der Waals surface area contributed by atoms with Crippen LogP contribution in [0.4, 0.5) is 0 Å². The zero-order valence-corrected chi connectivity index (χ0v) is 16.7. The molecule has 6 nitrogen and oxygen atoms in total. The second-order valence-corrected chi connectivity index (χ2v) is 7.50. The highest BCUT2D eigenvalue weighted by atomic mass is 16.5. The molecule has 152 valence electrons. The normalized spacial score (nSPS) is 15.5. The molecule has 1 aromatic carbocycles. The predicted octanol–water partition coefficient (Wildman–Crippen LogP) is 3.08. The van der Waals surface area contributed by atoms with Gasteiger partial charge in [0.05, 0.1) is 18.8 Å². The second-order valence-electron chi connectivity index (χ2n) is 7.50. The fourth-order valence-electron chi connectivity index (χ4n) is 3.99. The maximum absolute atomic E-state index is 8.92.